The van der Waals surface area contributed by atoms with E-state index in [1.807, 2.05) is 29.7 Å². The van der Waals surface area contributed by atoms with E-state index in [0.29, 0.717) is 13.1 Å². The Kier molecular flexibility index (Phi) is 6.75. The van der Waals surface area contributed by atoms with Crippen LogP contribution in [0.25, 0.3) is 0 Å². The van der Waals surface area contributed by atoms with Gasteiger partial charge < -0.3 is 0 Å². The Hall–Kier alpha value is -2.92. The molecule has 2 heterocycles. The van der Waals surface area contributed by atoms with Crippen molar-refractivity contribution in [3.63, 3.8) is 0 Å². The van der Waals surface area contributed by atoms with Gasteiger partial charge in [-0.15, -0.1) is 0 Å². The molecule has 1 aliphatic heterocycles. The third-order valence-electron chi connectivity index (χ3n) is 6.48. The van der Waals surface area contributed by atoms with Gasteiger partial charge in [0.25, 0.3) is 5.56 Å². The highest BCUT2D eigenvalue weighted by molar-refractivity contribution is 5.60. The van der Waals surface area contributed by atoms with E-state index in [-0.39, 0.29) is 5.56 Å². The molecule has 0 aliphatic carbocycles. The fourth-order valence-electron chi connectivity index (χ4n) is 4.35. The minimum Gasteiger partial charge on any atom is -0.298 e. The van der Waals surface area contributed by atoms with Crippen LogP contribution in [-0.2, 0) is 13.1 Å². The molecule has 0 bridgehead atoms. The molecule has 0 unspecified atom stereocenters. The van der Waals surface area contributed by atoms with Crippen molar-refractivity contribution < 1.29 is 0 Å². The van der Waals surface area contributed by atoms with E-state index in [4.69, 9.17) is 4.98 Å². The molecule has 0 N–H and O–H groups in total. The number of aryl methyl sites for hydroxylation is 3. The summed E-state index contributed by atoms with van der Waals surface area (Å²) in [4.78, 5) is 23.2. The number of nitrogens with zero attached hydrogens (tertiary/aromatic N) is 4. The molecular weight excluding hydrogens is 396 g/mol. The average molecular weight is 431 g/mol. The summed E-state index contributed by atoms with van der Waals surface area (Å²) in [5.74, 6) is 0.749. The van der Waals surface area contributed by atoms with E-state index >= 15 is 0 Å². The van der Waals surface area contributed by atoms with Crippen LogP contribution in [0.3, 0.4) is 0 Å². The van der Waals surface area contributed by atoms with E-state index in [0.717, 1.165) is 48.1 Å². The van der Waals surface area contributed by atoms with Gasteiger partial charge in [-0.3, -0.25) is 19.2 Å². The van der Waals surface area contributed by atoms with Crippen molar-refractivity contribution in [2.75, 3.05) is 18.1 Å². The zero-order valence-electron chi connectivity index (χ0n) is 19.8. The van der Waals surface area contributed by atoms with Crippen molar-refractivity contribution in [3.8, 4) is 0 Å². The number of hydrogen-bond acceptors (Lipinski definition) is 4. The van der Waals surface area contributed by atoms with Gasteiger partial charge in [-0.1, -0.05) is 56.2 Å². The zero-order chi connectivity index (χ0) is 22.7. The van der Waals surface area contributed by atoms with Gasteiger partial charge in [0.2, 0.25) is 5.95 Å². The van der Waals surface area contributed by atoms with Gasteiger partial charge in [-0.25, -0.2) is 4.98 Å². The SMILES string of the molecule is CCCCCN1CN(c2ccc(C)c(C)c2)c2nc(C)c(Cc3ccccc3)c(=O)n2C1. The predicted molar refractivity (Wildman–Crippen MR) is 132 cm³/mol. The molecule has 5 heteroatoms. The first kappa shape index (κ1) is 22.3. The molecule has 0 saturated heterocycles. The monoisotopic (exact) mass is 430 g/mol. The van der Waals surface area contributed by atoms with Gasteiger partial charge in [-0.05, 0) is 56.0 Å². The first-order valence-electron chi connectivity index (χ1n) is 11.7. The van der Waals surface area contributed by atoms with Crippen LogP contribution in [0.5, 0.6) is 0 Å². The summed E-state index contributed by atoms with van der Waals surface area (Å²) in [6.07, 6.45) is 4.14. The van der Waals surface area contributed by atoms with Gasteiger partial charge in [0.05, 0.1) is 19.0 Å². The molecule has 3 aromatic rings. The maximum absolute atomic E-state index is 13.7. The molecule has 5 nitrogen and oxygen atoms in total. The summed E-state index contributed by atoms with van der Waals surface area (Å²) >= 11 is 0. The van der Waals surface area contributed by atoms with Crippen LogP contribution in [0.4, 0.5) is 11.6 Å². The van der Waals surface area contributed by atoms with Crippen LogP contribution in [0.15, 0.2) is 53.3 Å². The summed E-state index contributed by atoms with van der Waals surface area (Å²) in [6.45, 7) is 10.8. The summed E-state index contributed by atoms with van der Waals surface area (Å²) in [5, 5.41) is 0. The summed E-state index contributed by atoms with van der Waals surface area (Å²) in [5.41, 5.74) is 6.42. The van der Waals surface area contributed by atoms with Gasteiger partial charge in [0, 0.05) is 24.2 Å². The predicted octanol–water partition coefficient (Wildman–Crippen LogP) is 5.32. The van der Waals surface area contributed by atoms with E-state index in [1.165, 1.54) is 24.0 Å². The molecular formula is C27H34N4O. The Labute approximate surface area is 191 Å². The number of aromatic nitrogens is 2. The number of hydrogen-bond donors (Lipinski definition) is 0. The smallest absolute Gasteiger partial charge is 0.259 e. The molecule has 0 atom stereocenters. The molecule has 1 aliphatic rings. The van der Waals surface area contributed by atoms with Gasteiger partial charge >= 0.3 is 0 Å². The molecule has 168 valence electrons. The van der Waals surface area contributed by atoms with Crippen LogP contribution in [0.1, 0.15) is 54.1 Å². The lowest BCUT2D eigenvalue weighted by atomic mass is 10.0. The Morgan fingerprint density at radius 2 is 1.72 bits per heavy atom. The molecule has 32 heavy (non-hydrogen) atoms. The molecule has 1 aromatic heterocycles. The van der Waals surface area contributed by atoms with Crippen molar-refractivity contribution in [2.24, 2.45) is 0 Å². The Morgan fingerprint density at radius 1 is 0.938 bits per heavy atom. The Balaban J connectivity index is 1.76. The maximum atomic E-state index is 13.7. The molecule has 4 rings (SSSR count). The second-order valence-corrected chi connectivity index (χ2v) is 8.95. The molecule has 0 amide bonds. The summed E-state index contributed by atoms with van der Waals surface area (Å²) in [6, 6.07) is 16.7. The average Bonchev–Trinajstić information content (AvgIpc) is 2.79. The molecule has 0 spiro atoms. The van der Waals surface area contributed by atoms with Crippen LogP contribution in [0.2, 0.25) is 0 Å². The Morgan fingerprint density at radius 3 is 2.44 bits per heavy atom. The third-order valence-corrected chi connectivity index (χ3v) is 6.48. The highest BCUT2D eigenvalue weighted by Gasteiger charge is 2.28. The molecule has 0 radical (unpaired) electrons. The van der Waals surface area contributed by atoms with Gasteiger partial charge in [0.15, 0.2) is 0 Å². The third kappa shape index (κ3) is 4.63. The second kappa shape index (κ2) is 9.70. The standard InChI is InChI=1S/C27H34N4O/c1-5-6-10-15-29-18-30(24-14-13-20(2)21(3)16-24)27-28-22(4)25(26(32)31(27)19-29)17-23-11-8-7-9-12-23/h7-9,11-14,16H,5-6,10,15,17-19H2,1-4H3. The maximum Gasteiger partial charge on any atom is 0.259 e. The Bertz CT molecular complexity index is 1140. The number of benzene rings is 2. The quantitative estimate of drug-likeness (QED) is 0.476. The van der Waals surface area contributed by atoms with Crippen LogP contribution >= 0.6 is 0 Å². The first-order chi connectivity index (χ1) is 15.5. The summed E-state index contributed by atoms with van der Waals surface area (Å²) in [7, 11) is 0. The normalized spacial score (nSPS) is 13.9. The van der Waals surface area contributed by atoms with E-state index < -0.39 is 0 Å². The van der Waals surface area contributed by atoms with Crippen molar-refractivity contribution in [2.45, 2.75) is 60.0 Å². The van der Waals surface area contributed by atoms with Crippen molar-refractivity contribution in [1.29, 1.82) is 0 Å². The molecule has 0 saturated carbocycles. The number of rotatable bonds is 7. The molecule has 0 fully saturated rings. The van der Waals surface area contributed by atoms with Gasteiger partial charge in [0.1, 0.15) is 0 Å². The van der Waals surface area contributed by atoms with E-state index in [2.05, 4.69) is 60.9 Å². The number of fused-ring (bicyclic) bond motifs is 1. The van der Waals surface area contributed by atoms with E-state index in [1.54, 1.807) is 0 Å². The van der Waals surface area contributed by atoms with Crippen LogP contribution in [-0.4, -0.2) is 27.7 Å². The topological polar surface area (TPSA) is 41.4 Å². The van der Waals surface area contributed by atoms with E-state index in [9.17, 15) is 4.79 Å². The van der Waals surface area contributed by atoms with Crippen molar-refractivity contribution in [1.82, 2.24) is 14.5 Å². The minimum atomic E-state index is 0.0744. The van der Waals surface area contributed by atoms with Gasteiger partial charge in [-0.2, -0.15) is 0 Å². The lowest BCUT2D eigenvalue weighted by Crippen LogP contribution is -2.48. The fourth-order valence-corrected chi connectivity index (χ4v) is 4.35. The summed E-state index contributed by atoms with van der Waals surface area (Å²) < 4.78 is 1.87. The van der Waals surface area contributed by atoms with Crippen LogP contribution < -0.4 is 10.5 Å². The zero-order valence-corrected chi connectivity index (χ0v) is 19.8. The lowest BCUT2D eigenvalue weighted by Gasteiger charge is -2.38. The highest BCUT2D eigenvalue weighted by Crippen LogP contribution is 2.29. The minimum absolute atomic E-state index is 0.0744. The number of unbranched alkanes of at least 4 members (excludes halogenated alkanes) is 2. The fraction of sp³-hybridized carbons (Fsp3) is 0.407. The molecule has 2 aromatic carbocycles. The highest BCUT2D eigenvalue weighted by atomic mass is 16.1. The first-order valence-corrected chi connectivity index (χ1v) is 11.7. The van der Waals surface area contributed by atoms with Crippen molar-refractivity contribution >= 4 is 11.6 Å². The largest absolute Gasteiger partial charge is 0.298 e. The van der Waals surface area contributed by atoms with Crippen molar-refractivity contribution in [3.05, 3.63) is 86.8 Å². The lowest BCUT2D eigenvalue weighted by molar-refractivity contribution is 0.194. The van der Waals surface area contributed by atoms with Crippen LogP contribution in [0, 0.1) is 20.8 Å². The second-order valence-electron chi connectivity index (χ2n) is 8.95. The number of anilines is 2.